The number of aryl methyl sites for hydroxylation is 2. The maximum atomic E-state index is 5.49. The van der Waals surface area contributed by atoms with Crippen molar-refractivity contribution in [3.8, 4) is 0 Å². The molecule has 1 atom stereocenters. The first-order valence-electron chi connectivity index (χ1n) is 9.02. The first kappa shape index (κ1) is 16.1. The van der Waals surface area contributed by atoms with Gasteiger partial charge in [0.2, 0.25) is 5.95 Å². The van der Waals surface area contributed by atoms with E-state index >= 15 is 0 Å². The van der Waals surface area contributed by atoms with E-state index in [1.807, 2.05) is 37.0 Å². The van der Waals surface area contributed by atoms with Crippen LogP contribution in [0.4, 0.5) is 11.6 Å². The van der Waals surface area contributed by atoms with Gasteiger partial charge in [-0.15, -0.1) is 0 Å². The standard InChI is InChI=1S/C18H20N8O/c1-11-5-16-20-10-21-25(16)8-15(11)22-18-19-6-14-12(2)24-26(17(14)23-18)7-13-3-4-27-9-13/h5-6,8,10,13H,3-4,7,9H2,1-2H3,(H,19,22,23). The summed E-state index contributed by atoms with van der Waals surface area (Å²) in [6.07, 6.45) is 6.32. The third kappa shape index (κ3) is 2.89. The topological polar surface area (TPSA) is 95.1 Å². The van der Waals surface area contributed by atoms with Crippen molar-refractivity contribution in [3.05, 3.63) is 36.0 Å². The van der Waals surface area contributed by atoms with Gasteiger partial charge in [0, 0.05) is 25.3 Å². The number of hydrogen-bond donors (Lipinski definition) is 1. The highest BCUT2D eigenvalue weighted by atomic mass is 16.5. The molecule has 0 saturated carbocycles. The molecule has 1 N–H and O–H groups in total. The molecule has 1 fully saturated rings. The molecule has 9 nitrogen and oxygen atoms in total. The minimum Gasteiger partial charge on any atom is -0.381 e. The first-order chi connectivity index (χ1) is 13.2. The Balaban J connectivity index is 1.50. The smallest absolute Gasteiger partial charge is 0.229 e. The molecule has 5 rings (SSSR count). The van der Waals surface area contributed by atoms with Crippen molar-refractivity contribution in [3.63, 3.8) is 0 Å². The molecule has 138 valence electrons. The molecule has 0 radical (unpaired) electrons. The van der Waals surface area contributed by atoms with Gasteiger partial charge in [0.05, 0.1) is 29.6 Å². The fourth-order valence-corrected chi connectivity index (χ4v) is 3.48. The summed E-state index contributed by atoms with van der Waals surface area (Å²) in [7, 11) is 0. The number of ether oxygens (including phenoxy) is 1. The fraction of sp³-hybridized carbons (Fsp3) is 0.389. The fourth-order valence-electron chi connectivity index (χ4n) is 3.48. The Kier molecular flexibility index (Phi) is 3.75. The van der Waals surface area contributed by atoms with Gasteiger partial charge in [0.25, 0.3) is 0 Å². The number of anilines is 2. The minimum absolute atomic E-state index is 0.482. The lowest BCUT2D eigenvalue weighted by Gasteiger charge is -2.10. The van der Waals surface area contributed by atoms with E-state index in [4.69, 9.17) is 9.72 Å². The molecule has 4 aromatic heterocycles. The Morgan fingerprint density at radius 2 is 2.22 bits per heavy atom. The van der Waals surface area contributed by atoms with Crippen LogP contribution in [0.1, 0.15) is 17.7 Å². The second-order valence-electron chi connectivity index (χ2n) is 6.99. The van der Waals surface area contributed by atoms with Gasteiger partial charge >= 0.3 is 0 Å². The second-order valence-corrected chi connectivity index (χ2v) is 6.99. The molecule has 0 spiro atoms. The molecule has 0 amide bonds. The Morgan fingerprint density at radius 1 is 1.30 bits per heavy atom. The molecule has 9 heteroatoms. The Labute approximate surface area is 155 Å². The monoisotopic (exact) mass is 364 g/mol. The minimum atomic E-state index is 0.482. The van der Waals surface area contributed by atoms with Gasteiger partial charge in [-0.05, 0) is 31.9 Å². The Hall–Kier alpha value is -3.07. The van der Waals surface area contributed by atoms with E-state index in [9.17, 15) is 0 Å². The third-order valence-electron chi connectivity index (χ3n) is 5.00. The third-order valence-corrected chi connectivity index (χ3v) is 5.00. The van der Waals surface area contributed by atoms with Gasteiger partial charge in [-0.25, -0.2) is 19.2 Å². The number of fused-ring (bicyclic) bond motifs is 2. The second kappa shape index (κ2) is 6.27. The van der Waals surface area contributed by atoms with E-state index in [-0.39, 0.29) is 0 Å². The van der Waals surface area contributed by atoms with Crippen molar-refractivity contribution >= 4 is 28.3 Å². The highest BCUT2D eigenvalue weighted by Crippen LogP contribution is 2.23. The number of hydrogen-bond acceptors (Lipinski definition) is 7. The van der Waals surface area contributed by atoms with Crippen LogP contribution in [0.25, 0.3) is 16.7 Å². The largest absolute Gasteiger partial charge is 0.381 e. The van der Waals surface area contributed by atoms with Crippen LogP contribution in [0, 0.1) is 19.8 Å². The summed E-state index contributed by atoms with van der Waals surface area (Å²) >= 11 is 0. The molecule has 27 heavy (non-hydrogen) atoms. The van der Waals surface area contributed by atoms with Crippen molar-refractivity contribution in [1.29, 1.82) is 0 Å². The quantitative estimate of drug-likeness (QED) is 0.593. The SMILES string of the molecule is Cc1cc2ncnn2cc1Nc1ncc2c(C)nn(CC3CCOC3)c2n1. The molecule has 5 heterocycles. The number of nitrogens with zero attached hydrogens (tertiary/aromatic N) is 7. The Morgan fingerprint density at radius 3 is 3.07 bits per heavy atom. The number of aromatic nitrogens is 7. The van der Waals surface area contributed by atoms with Crippen LogP contribution in [0.3, 0.4) is 0 Å². The number of pyridine rings is 1. The summed E-state index contributed by atoms with van der Waals surface area (Å²) in [5.74, 6) is 1.02. The van der Waals surface area contributed by atoms with E-state index < -0.39 is 0 Å². The van der Waals surface area contributed by atoms with Crippen molar-refractivity contribution in [2.45, 2.75) is 26.8 Å². The summed E-state index contributed by atoms with van der Waals surface area (Å²) in [6.45, 7) is 6.43. The molecule has 0 aliphatic carbocycles. The van der Waals surface area contributed by atoms with Crippen molar-refractivity contribution < 1.29 is 4.74 Å². The molecule has 0 aromatic carbocycles. The van der Waals surface area contributed by atoms with Crippen LogP contribution in [0.2, 0.25) is 0 Å². The molecule has 1 aliphatic heterocycles. The predicted molar refractivity (Wildman–Crippen MR) is 100.0 cm³/mol. The molecule has 1 unspecified atom stereocenters. The first-order valence-corrected chi connectivity index (χ1v) is 9.02. The summed E-state index contributed by atoms with van der Waals surface area (Å²) in [5, 5.41) is 13.1. The molecular weight excluding hydrogens is 344 g/mol. The predicted octanol–water partition coefficient (Wildman–Crippen LogP) is 2.27. The van der Waals surface area contributed by atoms with Crippen LogP contribution in [-0.4, -0.2) is 47.6 Å². The molecule has 1 saturated heterocycles. The summed E-state index contributed by atoms with van der Waals surface area (Å²) < 4.78 is 9.19. The molecular formula is C18H20N8O. The number of nitrogens with one attached hydrogen (secondary N) is 1. The van der Waals surface area contributed by atoms with E-state index in [1.165, 1.54) is 6.33 Å². The molecule has 4 aromatic rings. The van der Waals surface area contributed by atoms with Gasteiger partial charge in [0.1, 0.15) is 6.33 Å². The maximum absolute atomic E-state index is 5.49. The average Bonchev–Trinajstić information content (AvgIpc) is 3.38. The lowest BCUT2D eigenvalue weighted by atomic mass is 10.1. The van der Waals surface area contributed by atoms with Gasteiger partial charge in [0.15, 0.2) is 11.3 Å². The van der Waals surface area contributed by atoms with Gasteiger partial charge in [-0.2, -0.15) is 15.2 Å². The van der Waals surface area contributed by atoms with E-state index in [0.29, 0.717) is 11.9 Å². The molecule has 1 aliphatic rings. The molecule has 0 bridgehead atoms. The van der Waals surface area contributed by atoms with E-state index in [1.54, 1.807) is 4.52 Å². The van der Waals surface area contributed by atoms with Gasteiger partial charge < -0.3 is 10.1 Å². The van der Waals surface area contributed by atoms with Crippen molar-refractivity contribution in [1.82, 2.24) is 34.3 Å². The Bertz CT molecular complexity index is 1130. The number of rotatable bonds is 4. The van der Waals surface area contributed by atoms with Crippen LogP contribution in [0.5, 0.6) is 0 Å². The highest BCUT2D eigenvalue weighted by Gasteiger charge is 2.19. The van der Waals surface area contributed by atoms with Crippen LogP contribution in [-0.2, 0) is 11.3 Å². The van der Waals surface area contributed by atoms with Crippen LogP contribution in [0.15, 0.2) is 24.8 Å². The van der Waals surface area contributed by atoms with Crippen molar-refractivity contribution in [2.24, 2.45) is 5.92 Å². The summed E-state index contributed by atoms with van der Waals surface area (Å²) in [4.78, 5) is 13.4. The van der Waals surface area contributed by atoms with E-state index in [2.05, 4.69) is 25.5 Å². The van der Waals surface area contributed by atoms with Crippen molar-refractivity contribution in [2.75, 3.05) is 18.5 Å². The maximum Gasteiger partial charge on any atom is 0.229 e. The summed E-state index contributed by atoms with van der Waals surface area (Å²) in [6, 6.07) is 1.97. The van der Waals surface area contributed by atoms with Gasteiger partial charge in [-0.3, -0.25) is 0 Å². The lowest BCUT2D eigenvalue weighted by Crippen LogP contribution is -2.12. The van der Waals surface area contributed by atoms with Crippen LogP contribution < -0.4 is 5.32 Å². The summed E-state index contributed by atoms with van der Waals surface area (Å²) in [5.41, 5.74) is 4.53. The van der Waals surface area contributed by atoms with Gasteiger partial charge in [-0.1, -0.05) is 0 Å². The zero-order valence-corrected chi connectivity index (χ0v) is 15.3. The highest BCUT2D eigenvalue weighted by molar-refractivity contribution is 5.78. The van der Waals surface area contributed by atoms with Crippen LogP contribution >= 0.6 is 0 Å². The zero-order chi connectivity index (χ0) is 18.4. The zero-order valence-electron chi connectivity index (χ0n) is 15.3. The van der Waals surface area contributed by atoms with E-state index in [0.717, 1.165) is 59.8 Å². The normalized spacial score (nSPS) is 17.2. The average molecular weight is 364 g/mol. The lowest BCUT2D eigenvalue weighted by molar-refractivity contribution is 0.182.